The van der Waals surface area contributed by atoms with Crippen molar-refractivity contribution < 1.29 is 19.4 Å². The minimum Gasteiger partial charge on any atom is -0.481 e. The molecule has 34 heavy (non-hydrogen) atoms. The molecule has 0 aliphatic heterocycles. The Morgan fingerprint density at radius 3 is 2.32 bits per heavy atom. The summed E-state index contributed by atoms with van der Waals surface area (Å²) in [5.74, 6) is -1.36. The predicted octanol–water partition coefficient (Wildman–Crippen LogP) is 5.37. The number of aliphatic imine (C=N–C) groups is 1. The minimum absolute atomic E-state index is 0.0625. The molecule has 0 aromatic heterocycles. The molecule has 0 saturated carbocycles. The van der Waals surface area contributed by atoms with Crippen LogP contribution in [0.3, 0.4) is 0 Å². The zero-order valence-electron chi connectivity index (χ0n) is 21.4. The van der Waals surface area contributed by atoms with E-state index in [-0.39, 0.29) is 30.4 Å². The highest BCUT2D eigenvalue weighted by molar-refractivity contribution is 5.83. The Labute approximate surface area is 205 Å². The van der Waals surface area contributed by atoms with Crippen LogP contribution in [-0.4, -0.2) is 42.0 Å². The maximum Gasteiger partial charge on any atom is 0.303 e. The van der Waals surface area contributed by atoms with Gasteiger partial charge in [0, 0.05) is 25.2 Å². The normalized spacial score (nSPS) is 16.3. The lowest BCUT2D eigenvalue weighted by molar-refractivity contribution is -0.137. The molecule has 0 radical (unpaired) electrons. The van der Waals surface area contributed by atoms with Gasteiger partial charge in [-0.05, 0) is 45.1 Å². The van der Waals surface area contributed by atoms with Crippen LogP contribution in [0.5, 0.6) is 0 Å². The van der Waals surface area contributed by atoms with Gasteiger partial charge >= 0.3 is 5.97 Å². The van der Waals surface area contributed by atoms with Crippen molar-refractivity contribution in [1.29, 1.82) is 0 Å². The van der Waals surface area contributed by atoms with Crippen molar-refractivity contribution >= 4 is 17.6 Å². The number of nitrogens with zero attached hydrogens (tertiary/aromatic N) is 1. The number of benzene rings is 1. The first kappa shape index (κ1) is 29.3. The number of carbonyl (C=O) groups excluding carboxylic acids is 1. The van der Waals surface area contributed by atoms with Crippen LogP contribution in [0.4, 0.5) is 0 Å². The summed E-state index contributed by atoms with van der Waals surface area (Å²) < 4.78 is 5.75. The van der Waals surface area contributed by atoms with Gasteiger partial charge in [-0.1, -0.05) is 74.4 Å². The highest BCUT2D eigenvalue weighted by atomic mass is 16.5. The molecule has 0 fully saturated rings. The summed E-state index contributed by atoms with van der Waals surface area (Å²) in [7, 11) is 1.74. The third-order valence-corrected chi connectivity index (χ3v) is 6.01. The van der Waals surface area contributed by atoms with Crippen LogP contribution in [0.2, 0.25) is 0 Å². The third-order valence-electron chi connectivity index (χ3n) is 6.01. The Balaban J connectivity index is 2.81. The minimum atomic E-state index is -0.763. The number of allylic oxidation sites excluding steroid dienone is 2. The quantitative estimate of drug-likeness (QED) is 0.193. The summed E-state index contributed by atoms with van der Waals surface area (Å²) in [6.07, 6.45) is 10.4. The lowest BCUT2D eigenvalue weighted by atomic mass is 9.95. The first-order chi connectivity index (χ1) is 16.1. The van der Waals surface area contributed by atoms with Gasteiger partial charge < -0.3 is 15.6 Å². The Morgan fingerprint density at radius 1 is 1.09 bits per heavy atom. The second-order valence-corrected chi connectivity index (χ2v) is 9.09. The van der Waals surface area contributed by atoms with Gasteiger partial charge in [0.25, 0.3) is 0 Å². The zero-order chi connectivity index (χ0) is 25.5. The van der Waals surface area contributed by atoms with Crippen LogP contribution in [0, 0.1) is 11.8 Å². The predicted molar refractivity (Wildman–Crippen MR) is 139 cm³/mol. The van der Waals surface area contributed by atoms with Gasteiger partial charge in [-0.15, -0.1) is 0 Å². The molecule has 4 atom stereocenters. The number of ether oxygens (including phenoxy) is 1. The standard InChI is InChI=1S/C28H42N2O4/c1-20(18-21(2)26(34-5)19-24-13-9-7-10-14-24)16-17-25(23(4)28(29)33)30-22(3)12-8-6-11-15-27(31)32/h7,9-10,13-14,16-18,21,23,25-26H,6,8,11-12,15,19H2,1-5H3,(H2,29,33)(H,31,32)/t21-,23-,25?,26-/m0/s1. The highest BCUT2D eigenvalue weighted by Gasteiger charge is 2.19. The SMILES string of the molecule is CO[C@@H](Cc1ccccc1)[C@@H](C)C=C(C)C=CC(N=C(C)CCCCCC(=O)O)[C@H](C)C(N)=O. The number of carboxylic acid groups (broad SMARTS) is 1. The van der Waals surface area contributed by atoms with E-state index in [1.165, 1.54) is 5.56 Å². The van der Waals surface area contributed by atoms with Crippen LogP contribution in [0.15, 0.2) is 59.1 Å². The second kappa shape index (κ2) is 16.0. The number of primary amides is 1. The van der Waals surface area contributed by atoms with E-state index >= 15 is 0 Å². The van der Waals surface area contributed by atoms with Crippen molar-refractivity contribution in [3.8, 4) is 0 Å². The first-order valence-corrected chi connectivity index (χ1v) is 12.1. The van der Waals surface area contributed by atoms with Crippen molar-refractivity contribution in [1.82, 2.24) is 0 Å². The first-order valence-electron chi connectivity index (χ1n) is 12.1. The van der Waals surface area contributed by atoms with Crippen LogP contribution < -0.4 is 5.73 Å². The summed E-state index contributed by atoms with van der Waals surface area (Å²) >= 11 is 0. The van der Waals surface area contributed by atoms with Gasteiger partial charge in [0.2, 0.25) is 5.91 Å². The summed E-state index contributed by atoms with van der Waals surface area (Å²) in [5.41, 5.74) is 8.83. The van der Waals surface area contributed by atoms with E-state index in [1.54, 1.807) is 14.0 Å². The number of rotatable bonds is 16. The molecule has 0 aliphatic rings. The number of unbranched alkanes of at least 4 members (excludes halogenated alkanes) is 2. The van der Waals surface area contributed by atoms with Crippen molar-refractivity contribution in [2.24, 2.45) is 22.6 Å². The van der Waals surface area contributed by atoms with E-state index in [0.29, 0.717) is 6.42 Å². The van der Waals surface area contributed by atoms with Crippen molar-refractivity contribution in [3.05, 3.63) is 59.7 Å². The van der Waals surface area contributed by atoms with Crippen LogP contribution in [-0.2, 0) is 20.7 Å². The van der Waals surface area contributed by atoms with Crippen LogP contribution >= 0.6 is 0 Å². The maximum atomic E-state index is 11.8. The summed E-state index contributed by atoms with van der Waals surface area (Å²) in [4.78, 5) is 27.2. The molecule has 1 amide bonds. The Hall–Kier alpha value is -2.73. The number of hydrogen-bond donors (Lipinski definition) is 2. The van der Waals surface area contributed by atoms with E-state index in [9.17, 15) is 9.59 Å². The fraction of sp³-hybridized carbons (Fsp3) is 0.536. The number of carbonyl (C=O) groups is 2. The smallest absolute Gasteiger partial charge is 0.303 e. The van der Waals surface area contributed by atoms with Gasteiger partial charge in [-0.2, -0.15) is 0 Å². The highest BCUT2D eigenvalue weighted by Crippen LogP contribution is 2.18. The molecule has 6 nitrogen and oxygen atoms in total. The van der Waals surface area contributed by atoms with E-state index in [4.69, 9.17) is 20.6 Å². The lowest BCUT2D eigenvalue weighted by Crippen LogP contribution is -2.29. The van der Waals surface area contributed by atoms with Crippen LogP contribution in [0.25, 0.3) is 0 Å². The van der Waals surface area contributed by atoms with Crippen molar-refractivity contribution in [3.63, 3.8) is 0 Å². The Morgan fingerprint density at radius 2 is 1.74 bits per heavy atom. The maximum absolute atomic E-state index is 11.8. The molecule has 0 bridgehead atoms. The Bertz CT molecular complexity index is 845. The van der Waals surface area contributed by atoms with E-state index in [2.05, 4.69) is 25.1 Å². The summed E-state index contributed by atoms with van der Waals surface area (Å²) in [5, 5.41) is 8.74. The molecule has 1 rings (SSSR count). The van der Waals surface area contributed by atoms with Gasteiger partial charge in [0.05, 0.1) is 18.1 Å². The average molecular weight is 471 g/mol. The molecule has 0 saturated heterocycles. The van der Waals surface area contributed by atoms with Gasteiger partial charge in [-0.25, -0.2) is 0 Å². The van der Waals surface area contributed by atoms with E-state index < -0.39 is 11.9 Å². The topological polar surface area (TPSA) is 102 Å². The largest absolute Gasteiger partial charge is 0.481 e. The number of aliphatic carboxylic acids is 1. The van der Waals surface area contributed by atoms with Crippen molar-refractivity contribution in [2.75, 3.05) is 7.11 Å². The molecular weight excluding hydrogens is 428 g/mol. The number of nitrogens with two attached hydrogens (primary N) is 1. The van der Waals surface area contributed by atoms with Gasteiger partial charge in [0.1, 0.15) is 0 Å². The molecule has 1 aromatic carbocycles. The lowest BCUT2D eigenvalue weighted by Gasteiger charge is -2.21. The number of carboxylic acids is 1. The number of hydrogen-bond acceptors (Lipinski definition) is 4. The molecule has 0 aliphatic carbocycles. The summed E-state index contributed by atoms with van der Waals surface area (Å²) in [6, 6.07) is 9.97. The summed E-state index contributed by atoms with van der Waals surface area (Å²) in [6.45, 7) is 7.92. The average Bonchev–Trinajstić information content (AvgIpc) is 2.79. The second-order valence-electron chi connectivity index (χ2n) is 9.09. The van der Waals surface area contributed by atoms with Gasteiger partial charge in [0.15, 0.2) is 0 Å². The molecule has 6 heteroatoms. The van der Waals surface area contributed by atoms with E-state index in [0.717, 1.165) is 37.0 Å². The monoisotopic (exact) mass is 470 g/mol. The Kier molecular flexibility index (Phi) is 13.8. The van der Waals surface area contributed by atoms with E-state index in [1.807, 2.05) is 44.2 Å². The molecule has 0 heterocycles. The molecular formula is C28H42N2O4. The fourth-order valence-electron chi connectivity index (χ4n) is 3.80. The molecule has 1 unspecified atom stereocenters. The third kappa shape index (κ3) is 11.9. The zero-order valence-corrected chi connectivity index (χ0v) is 21.4. The van der Waals surface area contributed by atoms with Crippen molar-refractivity contribution in [2.45, 2.75) is 78.4 Å². The number of methoxy groups -OCH3 is 1. The molecule has 1 aromatic rings. The fourth-order valence-corrected chi connectivity index (χ4v) is 3.80. The van der Waals surface area contributed by atoms with Gasteiger partial charge in [-0.3, -0.25) is 14.6 Å². The molecule has 3 N–H and O–H groups in total. The number of amides is 1. The van der Waals surface area contributed by atoms with Crippen LogP contribution in [0.1, 0.15) is 65.4 Å². The molecule has 0 spiro atoms. The molecule has 188 valence electrons.